The van der Waals surface area contributed by atoms with Gasteiger partial charge >= 0.3 is 0 Å². The van der Waals surface area contributed by atoms with Gasteiger partial charge in [-0.3, -0.25) is 0 Å². The minimum Gasteiger partial charge on any atom is -0.462 e. The number of hydrogen-bond donors (Lipinski definition) is 0. The van der Waals surface area contributed by atoms with E-state index in [0.717, 1.165) is 0 Å². The molecule has 0 aliphatic heterocycles. The summed E-state index contributed by atoms with van der Waals surface area (Å²) in [6, 6.07) is 4.88. The molecule has 1 rings (SSSR count). The van der Waals surface area contributed by atoms with Gasteiger partial charge in [-0.05, 0) is 34.1 Å². The molecule has 0 aliphatic carbocycles. The Morgan fingerprint density at radius 2 is 2.27 bits per heavy atom. The quantitative estimate of drug-likeness (QED) is 0.768. The van der Waals surface area contributed by atoms with Crippen LogP contribution in [0.25, 0.3) is 0 Å². The van der Waals surface area contributed by atoms with Crippen LogP contribution >= 0.6 is 27.5 Å². The van der Waals surface area contributed by atoms with Gasteiger partial charge in [0.25, 0.3) is 0 Å². The van der Waals surface area contributed by atoms with Crippen molar-refractivity contribution in [1.29, 1.82) is 0 Å². The molecule has 0 fully saturated rings. The van der Waals surface area contributed by atoms with E-state index in [4.69, 9.17) is 11.6 Å². The van der Waals surface area contributed by atoms with Gasteiger partial charge in [-0.2, -0.15) is 0 Å². The Morgan fingerprint density at radius 1 is 1.55 bits per heavy atom. The summed E-state index contributed by atoms with van der Waals surface area (Å²) in [7, 11) is 0. The molecule has 1 aromatic carbocycles. The lowest BCUT2D eigenvalue weighted by Crippen LogP contribution is -1.90. The topological polar surface area (TPSA) is 9.23 Å². The van der Waals surface area contributed by atoms with E-state index in [1.165, 1.54) is 0 Å². The summed E-state index contributed by atoms with van der Waals surface area (Å²) in [6.07, 6.45) is 0. The average Bonchev–Trinajstić information content (AvgIpc) is 1.95. The molecule has 0 saturated heterocycles. The third kappa shape index (κ3) is 2.34. The van der Waals surface area contributed by atoms with E-state index in [0.29, 0.717) is 15.2 Å². The maximum atomic E-state index is 11.7. The standard InChI is InChI=1S/C7H5BrClFO/c8-6-3-5(9)1-2-7(6)11-4-10/h1-3H,4H2. The van der Waals surface area contributed by atoms with Gasteiger partial charge < -0.3 is 4.74 Å². The second kappa shape index (κ2) is 3.93. The Labute approximate surface area is 77.2 Å². The van der Waals surface area contributed by atoms with E-state index in [1.54, 1.807) is 18.2 Å². The van der Waals surface area contributed by atoms with Crippen molar-refractivity contribution in [3.05, 3.63) is 27.7 Å². The molecule has 1 nitrogen and oxygen atoms in total. The Morgan fingerprint density at radius 3 is 2.82 bits per heavy atom. The number of halogens is 3. The zero-order valence-corrected chi connectivity index (χ0v) is 7.82. The molecule has 4 heteroatoms. The molecule has 0 spiro atoms. The molecular weight excluding hydrogens is 234 g/mol. The van der Waals surface area contributed by atoms with Gasteiger partial charge in [0.05, 0.1) is 4.47 Å². The van der Waals surface area contributed by atoms with Crippen LogP contribution in [0.4, 0.5) is 4.39 Å². The minimum absolute atomic E-state index is 0.455. The van der Waals surface area contributed by atoms with E-state index >= 15 is 0 Å². The molecule has 60 valence electrons. The van der Waals surface area contributed by atoms with Crippen molar-refractivity contribution in [3.63, 3.8) is 0 Å². The fourth-order valence-electron chi connectivity index (χ4n) is 0.651. The monoisotopic (exact) mass is 238 g/mol. The molecule has 0 atom stereocenters. The number of benzene rings is 1. The average molecular weight is 239 g/mol. The van der Waals surface area contributed by atoms with Crippen LogP contribution in [0.2, 0.25) is 5.02 Å². The van der Waals surface area contributed by atoms with Crippen LogP contribution in [-0.4, -0.2) is 6.86 Å². The second-order valence-electron chi connectivity index (χ2n) is 1.83. The largest absolute Gasteiger partial charge is 0.462 e. The van der Waals surface area contributed by atoms with Crippen molar-refractivity contribution in [2.75, 3.05) is 6.86 Å². The lowest BCUT2D eigenvalue weighted by Gasteiger charge is -2.02. The van der Waals surface area contributed by atoms with Gasteiger partial charge in [-0.1, -0.05) is 11.6 Å². The summed E-state index contributed by atoms with van der Waals surface area (Å²) in [5.41, 5.74) is 0. The van der Waals surface area contributed by atoms with E-state index in [-0.39, 0.29) is 0 Å². The fraction of sp³-hybridized carbons (Fsp3) is 0.143. The highest BCUT2D eigenvalue weighted by atomic mass is 79.9. The minimum atomic E-state index is -0.833. The van der Waals surface area contributed by atoms with Gasteiger partial charge in [-0.25, -0.2) is 4.39 Å². The molecule has 0 aliphatic rings. The van der Waals surface area contributed by atoms with E-state index in [1.807, 2.05) is 0 Å². The third-order valence-corrected chi connectivity index (χ3v) is 1.96. The first-order valence-electron chi connectivity index (χ1n) is 2.88. The Bertz CT molecular complexity index is 254. The van der Waals surface area contributed by atoms with Crippen LogP contribution in [-0.2, 0) is 0 Å². The molecule has 0 aromatic heterocycles. The smallest absolute Gasteiger partial charge is 0.228 e. The van der Waals surface area contributed by atoms with Gasteiger partial charge in [-0.15, -0.1) is 0 Å². The predicted molar refractivity (Wildman–Crippen MR) is 45.8 cm³/mol. The first kappa shape index (κ1) is 8.81. The maximum absolute atomic E-state index is 11.7. The summed E-state index contributed by atoms with van der Waals surface area (Å²) in [5.74, 6) is 0.455. The van der Waals surface area contributed by atoms with E-state index in [9.17, 15) is 4.39 Å². The number of ether oxygens (including phenoxy) is 1. The highest BCUT2D eigenvalue weighted by Gasteiger charge is 1.99. The number of alkyl halides is 1. The SMILES string of the molecule is FCOc1ccc(Cl)cc1Br. The molecular formula is C7H5BrClFO. The normalized spacial score (nSPS) is 9.73. The van der Waals surface area contributed by atoms with Gasteiger partial charge in [0.1, 0.15) is 5.75 Å². The van der Waals surface area contributed by atoms with Gasteiger partial charge in [0, 0.05) is 5.02 Å². The zero-order valence-electron chi connectivity index (χ0n) is 5.48. The van der Waals surface area contributed by atoms with Gasteiger partial charge in [0.2, 0.25) is 6.86 Å². The zero-order chi connectivity index (χ0) is 8.27. The third-order valence-electron chi connectivity index (χ3n) is 1.10. The summed E-state index contributed by atoms with van der Waals surface area (Å²) in [5, 5.41) is 0.586. The number of rotatable bonds is 2. The Balaban J connectivity index is 2.90. The highest BCUT2D eigenvalue weighted by molar-refractivity contribution is 9.10. The predicted octanol–water partition coefficient (Wildman–Crippen LogP) is 3.41. The first-order chi connectivity index (χ1) is 5.24. The van der Waals surface area contributed by atoms with Crippen LogP contribution in [0.15, 0.2) is 22.7 Å². The number of hydrogen-bond acceptors (Lipinski definition) is 1. The lowest BCUT2D eigenvalue weighted by molar-refractivity contribution is 0.190. The van der Waals surface area contributed by atoms with Crippen molar-refractivity contribution in [1.82, 2.24) is 0 Å². The first-order valence-corrected chi connectivity index (χ1v) is 4.05. The molecule has 0 N–H and O–H groups in total. The van der Waals surface area contributed by atoms with Crippen molar-refractivity contribution in [3.8, 4) is 5.75 Å². The Hall–Kier alpha value is -0.280. The second-order valence-corrected chi connectivity index (χ2v) is 3.12. The van der Waals surface area contributed by atoms with Crippen LogP contribution in [0.1, 0.15) is 0 Å². The molecule has 0 amide bonds. The molecule has 0 saturated carbocycles. The van der Waals surface area contributed by atoms with Crippen molar-refractivity contribution >= 4 is 27.5 Å². The summed E-state index contributed by atoms with van der Waals surface area (Å²) < 4.78 is 17.0. The van der Waals surface area contributed by atoms with Crippen LogP contribution in [0.3, 0.4) is 0 Å². The van der Waals surface area contributed by atoms with Crippen molar-refractivity contribution < 1.29 is 9.13 Å². The molecule has 0 radical (unpaired) electrons. The van der Waals surface area contributed by atoms with Crippen LogP contribution in [0, 0.1) is 0 Å². The van der Waals surface area contributed by atoms with Crippen molar-refractivity contribution in [2.24, 2.45) is 0 Å². The molecule has 0 unspecified atom stereocenters. The summed E-state index contributed by atoms with van der Waals surface area (Å²) in [6.45, 7) is -0.833. The molecule has 0 heterocycles. The van der Waals surface area contributed by atoms with Crippen LogP contribution in [0.5, 0.6) is 5.75 Å². The molecule has 0 bridgehead atoms. The van der Waals surface area contributed by atoms with Crippen molar-refractivity contribution in [2.45, 2.75) is 0 Å². The highest BCUT2D eigenvalue weighted by Crippen LogP contribution is 2.27. The van der Waals surface area contributed by atoms with Gasteiger partial charge in [0.15, 0.2) is 0 Å². The molecule has 1 aromatic rings. The maximum Gasteiger partial charge on any atom is 0.228 e. The summed E-state index contributed by atoms with van der Waals surface area (Å²) in [4.78, 5) is 0. The summed E-state index contributed by atoms with van der Waals surface area (Å²) >= 11 is 8.81. The lowest BCUT2D eigenvalue weighted by atomic mass is 10.3. The van der Waals surface area contributed by atoms with Crippen LogP contribution < -0.4 is 4.74 Å². The Kier molecular flexibility index (Phi) is 3.15. The van der Waals surface area contributed by atoms with E-state index in [2.05, 4.69) is 20.7 Å². The molecule has 11 heavy (non-hydrogen) atoms. The van der Waals surface area contributed by atoms with E-state index < -0.39 is 6.86 Å². The fourth-order valence-corrected chi connectivity index (χ4v) is 1.45.